The molecule has 0 bridgehead atoms. The molecule has 4 aromatic heterocycles. The number of imidazole rings is 2. The zero-order valence-electron chi connectivity index (χ0n) is 17.3. The number of thiophene rings is 1. The Hall–Kier alpha value is -4.50. The summed E-state index contributed by atoms with van der Waals surface area (Å²) in [5.74, 6) is 1.12. The van der Waals surface area contributed by atoms with Crippen molar-refractivity contribution >= 4 is 45.6 Å². The van der Waals surface area contributed by atoms with Crippen LogP contribution in [0.4, 0.5) is 23.1 Å². The maximum absolute atomic E-state index is 4.79. The zero-order chi connectivity index (χ0) is 22.0. The van der Waals surface area contributed by atoms with Gasteiger partial charge in [0.1, 0.15) is 6.33 Å². The highest BCUT2D eigenvalue weighted by atomic mass is 32.1. The average Bonchev–Trinajstić information content (AvgIpc) is 3.62. The molecule has 2 N–H and O–H groups in total. The molecule has 160 valence electrons. The Morgan fingerprint density at radius 1 is 0.788 bits per heavy atom. The number of nitrogens with zero attached hydrogens (tertiary/aromatic N) is 6. The summed E-state index contributed by atoms with van der Waals surface area (Å²) in [6.45, 7) is 0. The van der Waals surface area contributed by atoms with Gasteiger partial charge in [0.05, 0.1) is 12.0 Å². The molecule has 0 aliphatic carbocycles. The van der Waals surface area contributed by atoms with Crippen LogP contribution in [0.3, 0.4) is 0 Å². The van der Waals surface area contributed by atoms with Crippen molar-refractivity contribution in [3.63, 3.8) is 0 Å². The van der Waals surface area contributed by atoms with Crippen LogP contribution in [0.5, 0.6) is 0 Å². The van der Waals surface area contributed by atoms with E-state index < -0.39 is 0 Å². The fraction of sp³-hybridized carbons (Fsp3) is 0. The lowest BCUT2D eigenvalue weighted by Gasteiger charge is -2.11. The molecule has 0 amide bonds. The third-order valence-corrected chi connectivity index (χ3v) is 5.81. The van der Waals surface area contributed by atoms with Gasteiger partial charge >= 0.3 is 0 Å². The molecule has 33 heavy (non-hydrogen) atoms. The van der Waals surface area contributed by atoms with E-state index in [2.05, 4.69) is 26.0 Å². The highest BCUT2D eigenvalue weighted by Crippen LogP contribution is 2.28. The second-order valence-corrected chi connectivity index (χ2v) is 8.08. The van der Waals surface area contributed by atoms with E-state index in [9.17, 15) is 0 Å². The van der Waals surface area contributed by atoms with Crippen molar-refractivity contribution in [1.82, 2.24) is 29.1 Å². The summed E-state index contributed by atoms with van der Waals surface area (Å²) in [6, 6.07) is 20.0. The van der Waals surface area contributed by atoms with E-state index in [0.717, 1.165) is 28.4 Å². The average molecular weight is 451 g/mol. The number of fused-ring (bicyclic) bond motifs is 1. The van der Waals surface area contributed by atoms with Crippen molar-refractivity contribution in [2.45, 2.75) is 0 Å². The maximum Gasteiger partial charge on any atom is 0.231 e. The molecule has 2 aromatic carbocycles. The summed E-state index contributed by atoms with van der Waals surface area (Å²) in [4.78, 5) is 18.2. The molecule has 0 atom stereocenters. The van der Waals surface area contributed by atoms with Crippen LogP contribution in [0.25, 0.3) is 22.5 Å². The van der Waals surface area contributed by atoms with Gasteiger partial charge in [-0.3, -0.25) is 4.57 Å². The Morgan fingerprint density at radius 3 is 2.39 bits per heavy atom. The van der Waals surface area contributed by atoms with Gasteiger partial charge in [0.15, 0.2) is 17.0 Å². The minimum atomic E-state index is 0.480. The van der Waals surface area contributed by atoms with Crippen LogP contribution in [-0.2, 0) is 0 Å². The van der Waals surface area contributed by atoms with E-state index in [4.69, 9.17) is 9.97 Å². The number of nitrogens with one attached hydrogen (secondary N) is 2. The summed E-state index contributed by atoms with van der Waals surface area (Å²) in [7, 11) is 0. The van der Waals surface area contributed by atoms with Gasteiger partial charge in [0, 0.05) is 34.8 Å². The highest BCUT2D eigenvalue weighted by molar-refractivity contribution is 7.08. The zero-order valence-corrected chi connectivity index (χ0v) is 18.1. The monoisotopic (exact) mass is 450 g/mol. The summed E-state index contributed by atoms with van der Waals surface area (Å²) in [5.41, 5.74) is 5.27. The Balaban J connectivity index is 1.39. The number of aromatic nitrogens is 6. The first-order valence-electron chi connectivity index (χ1n) is 10.3. The first-order valence-corrected chi connectivity index (χ1v) is 11.2. The lowest BCUT2D eigenvalue weighted by molar-refractivity contribution is 1.06. The first-order chi connectivity index (χ1) is 16.3. The second-order valence-electron chi connectivity index (χ2n) is 7.30. The summed E-state index contributed by atoms with van der Waals surface area (Å²) >= 11 is 1.63. The predicted molar refractivity (Wildman–Crippen MR) is 131 cm³/mol. The molecular weight excluding hydrogens is 432 g/mol. The Morgan fingerprint density at radius 2 is 1.64 bits per heavy atom. The van der Waals surface area contributed by atoms with Crippen LogP contribution in [0, 0.1) is 0 Å². The van der Waals surface area contributed by atoms with Gasteiger partial charge in [0.25, 0.3) is 0 Å². The molecule has 0 saturated heterocycles. The molecular formula is C24H18N8S. The molecule has 6 aromatic rings. The normalized spacial score (nSPS) is 11.0. The largest absolute Gasteiger partial charge is 0.338 e. The van der Waals surface area contributed by atoms with Crippen LogP contribution in [0.1, 0.15) is 0 Å². The van der Waals surface area contributed by atoms with Crippen molar-refractivity contribution in [2.24, 2.45) is 0 Å². The SMILES string of the molecule is c1ccc(Nc2nc(Nc3ccc(-n4ccnc4)cc3)nc3c2ncn3-c2ccsc2)cc1. The Kier molecular flexibility index (Phi) is 4.78. The topological polar surface area (TPSA) is 85.5 Å². The molecule has 0 spiro atoms. The molecule has 0 aliphatic heterocycles. The number of benzene rings is 2. The maximum atomic E-state index is 4.79. The number of hydrogen-bond donors (Lipinski definition) is 2. The fourth-order valence-corrected chi connectivity index (χ4v) is 4.17. The number of rotatable bonds is 6. The fourth-order valence-electron chi connectivity index (χ4n) is 3.54. The van der Waals surface area contributed by atoms with Gasteiger partial charge in [0.2, 0.25) is 5.95 Å². The van der Waals surface area contributed by atoms with E-state index >= 15 is 0 Å². The van der Waals surface area contributed by atoms with E-state index in [1.807, 2.05) is 81.4 Å². The van der Waals surface area contributed by atoms with Gasteiger partial charge in [-0.2, -0.15) is 21.3 Å². The van der Waals surface area contributed by atoms with Gasteiger partial charge in [-0.1, -0.05) is 18.2 Å². The van der Waals surface area contributed by atoms with Gasteiger partial charge in [-0.05, 0) is 47.8 Å². The lowest BCUT2D eigenvalue weighted by atomic mass is 10.3. The van der Waals surface area contributed by atoms with Crippen molar-refractivity contribution in [2.75, 3.05) is 10.6 Å². The van der Waals surface area contributed by atoms with Crippen molar-refractivity contribution in [1.29, 1.82) is 0 Å². The number of para-hydroxylation sites is 1. The van der Waals surface area contributed by atoms with Crippen LogP contribution < -0.4 is 10.6 Å². The van der Waals surface area contributed by atoms with Gasteiger partial charge in [-0.25, -0.2) is 9.97 Å². The molecule has 6 rings (SSSR count). The van der Waals surface area contributed by atoms with Crippen LogP contribution in [0.15, 0.2) is 96.5 Å². The van der Waals surface area contributed by atoms with Crippen molar-refractivity contribution in [3.05, 3.63) is 96.5 Å². The van der Waals surface area contributed by atoms with E-state index in [1.165, 1.54) is 0 Å². The second kappa shape index (κ2) is 8.21. The van der Waals surface area contributed by atoms with E-state index in [-0.39, 0.29) is 0 Å². The number of hydrogen-bond acceptors (Lipinski definition) is 7. The van der Waals surface area contributed by atoms with E-state index in [0.29, 0.717) is 17.3 Å². The standard InChI is InChI=1S/C24H18N8S/c1-2-4-17(5-3-1)27-22-21-23(32(16-26-21)20-10-13-33-14-20)30-24(29-22)28-18-6-8-19(9-7-18)31-12-11-25-15-31/h1-16H,(H2,27,28,29,30). The lowest BCUT2D eigenvalue weighted by Crippen LogP contribution is -2.04. The summed E-state index contributed by atoms with van der Waals surface area (Å²) in [5, 5.41) is 10.8. The third kappa shape index (κ3) is 3.81. The first kappa shape index (κ1) is 19.2. The molecule has 9 heteroatoms. The van der Waals surface area contributed by atoms with Crippen LogP contribution in [0.2, 0.25) is 0 Å². The molecule has 0 saturated carbocycles. The highest BCUT2D eigenvalue weighted by Gasteiger charge is 2.15. The molecule has 0 fully saturated rings. The van der Waals surface area contributed by atoms with Crippen LogP contribution in [-0.4, -0.2) is 29.1 Å². The third-order valence-electron chi connectivity index (χ3n) is 5.14. The number of anilines is 4. The summed E-state index contributed by atoms with van der Waals surface area (Å²) < 4.78 is 3.92. The predicted octanol–water partition coefficient (Wildman–Crippen LogP) is 5.55. The van der Waals surface area contributed by atoms with Crippen molar-refractivity contribution < 1.29 is 0 Å². The van der Waals surface area contributed by atoms with E-state index in [1.54, 1.807) is 30.2 Å². The smallest absolute Gasteiger partial charge is 0.231 e. The van der Waals surface area contributed by atoms with Gasteiger partial charge < -0.3 is 15.2 Å². The Labute approximate surface area is 193 Å². The molecule has 8 nitrogen and oxygen atoms in total. The minimum Gasteiger partial charge on any atom is -0.338 e. The van der Waals surface area contributed by atoms with Gasteiger partial charge in [-0.15, -0.1) is 0 Å². The molecule has 0 aliphatic rings. The molecule has 4 heterocycles. The summed E-state index contributed by atoms with van der Waals surface area (Å²) in [6.07, 6.45) is 7.22. The quantitative estimate of drug-likeness (QED) is 0.346. The Bertz CT molecular complexity index is 1490. The molecule has 0 radical (unpaired) electrons. The van der Waals surface area contributed by atoms with Crippen molar-refractivity contribution in [3.8, 4) is 11.4 Å². The minimum absolute atomic E-state index is 0.480. The van der Waals surface area contributed by atoms with Crippen LogP contribution >= 0.6 is 11.3 Å². The molecule has 0 unspecified atom stereocenters.